The largest absolute Gasteiger partial charge is 0.469 e. The molecule has 1 N–H and O–H groups in total. The lowest BCUT2D eigenvalue weighted by Crippen LogP contribution is -2.43. The first-order valence-corrected chi connectivity index (χ1v) is 6.35. The van der Waals surface area contributed by atoms with Gasteiger partial charge in [-0.25, -0.2) is 0 Å². The highest BCUT2D eigenvalue weighted by Gasteiger charge is 2.35. The molecule has 96 valence electrons. The molecule has 0 aromatic carbocycles. The van der Waals surface area contributed by atoms with Gasteiger partial charge in [0.1, 0.15) is 11.8 Å². The number of nitrogens with zero attached hydrogens (tertiary/aromatic N) is 1. The summed E-state index contributed by atoms with van der Waals surface area (Å²) in [5, 5.41) is 2.73. The second-order valence-corrected chi connectivity index (χ2v) is 4.94. The number of rotatable bonds is 2. The Morgan fingerprint density at radius 3 is 3.00 bits per heavy atom. The minimum atomic E-state index is -0.312. The van der Waals surface area contributed by atoms with Crippen molar-refractivity contribution in [3.05, 3.63) is 24.2 Å². The zero-order valence-corrected chi connectivity index (χ0v) is 10.1. The SMILES string of the molecule is O=C1CCC(C(=O)N2CCC(c3ccco3)C2)N1. The topological polar surface area (TPSA) is 62.6 Å². The molecule has 1 aromatic heterocycles. The fourth-order valence-corrected chi connectivity index (χ4v) is 2.74. The third-order valence-electron chi connectivity index (χ3n) is 3.74. The molecule has 1 aromatic rings. The van der Waals surface area contributed by atoms with Crippen molar-refractivity contribution in [2.45, 2.75) is 31.2 Å². The second kappa shape index (κ2) is 4.48. The van der Waals surface area contributed by atoms with Gasteiger partial charge in [0.05, 0.1) is 6.26 Å². The van der Waals surface area contributed by atoms with Crippen LogP contribution in [0.5, 0.6) is 0 Å². The van der Waals surface area contributed by atoms with Crippen molar-refractivity contribution < 1.29 is 14.0 Å². The van der Waals surface area contributed by atoms with Crippen LogP contribution >= 0.6 is 0 Å². The van der Waals surface area contributed by atoms with Crippen LogP contribution in [0.25, 0.3) is 0 Å². The average Bonchev–Trinajstić information content (AvgIpc) is 3.09. The molecule has 0 saturated carbocycles. The number of carbonyl (C=O) groups is 2. The zero-order chi connectivity index (χ0) is 12.5. The number of furan rings is 1. The Bertz CT molecular complexity index is 455. The van der Waals surface area contributed by atoms with Crippen LogP contribution in [0.15, 0.2) is 22.8 Å². The molecule has 5 heteroatoms. The van der Waals surface area contributed by atoms with Crippen molar-refractivity contribution in [2.75, 3.05) is 13.1 Å². The molecule has 3 rings (SSSR count). The molecular formula is C13H16N2O3. The maximum absolute atomic E-state index is 12.2. The Morgan fingerprint density at radius 2 is 2.33 bits per heavy atom. The zero-order valence-electron chi connectivity index (χ0n) is 10.1. The molecule has 2 atom stereocenters. The molecule has 2 fully saturated rings. The second-order valence-electron chi connectivity index (χ2n) is 4.94. The Kier molecular flexibility index (Phi) is 2.81. The first-order valence-electron chi connectivity index (χ1n) is 6.35. The number of hydrogen-bond acceptors (Lipinski definition) is 3. The van der Waals surface area contributed by atoms with Crippen LogP contribution in [0.3, 0.4) is 0 Å². The molecule has 2 saturated heterocycles. The summed E-state index contributed by atoms with van der Waals surface area (Å²) < 4.78 is 5.38. The van der Waals surface area contributed by atoms with Gasteiger partial charge in [-0.15, -0.1) is 0 Å². The van der Waals surface area contributed by atoms with Crippen molar-refractivity contribution in [1.82, 2.24) is 10.2 Å². The lowest BCUT2D eigenvalue weighted by Gasteiger charge is -2.20. The molecule has 2 unspecified atom stereocenters. The Labute approximate surface area is 105 Å². The molecule has 5 nitrogen and oxygen atoms in total. The predicted molar refractivity (Wildman–Crippen MR) is 63.8 cm³/mol. The lowest BCUT2D eigenvalue weighted by molar-refractivity contribution is -0.133. The molecule has 2 aliphatic rings. The van der Waals surface area contributed by atoms with Gasteiger partial charge in [-0.1, -0.05) is 0 Å². The van der Waals surface area contributed by atoms with E-state index in [-0.39, 0.29) is 17.9 Å². The van der Waals surface area contributed by atoms with E-state index < -0.39 is 0 Å². The van der Waals surface area contributed by atoms with Crippen molar-refractivity contribution >= 4 is 11.8 Å². The summed E-state index contributed by atoms with van der Waals surface area (Å²) in [6.07, 6.45) is 3.68. The van der Waals surface area contributed by atoms with Gasteiger partial charge in [-0.2, -0.15) is 0 Å². The van der Waals surface area contributed by atoms with Crippen LogP contribution in [0.4, 0.5) is 0 Å². The fraction of sp³-hybridized carbons (Fsp3) is 0.538. The van der Waals surface area contributed by atoms with Crippen molar-refractivity contribution in [2.24, 2.45) is 0 Å². The summed E-state index contributed by atoms with van der Waals surface area (Å²) in [4.78, 5) is 25.2. The van der Waals surface area contributed by atoms with Gasteiger partial charge in [0, 0.05) is 25.4 Å². The van der Waals surface area contributed by atoms with Crippen LogP contribution in [0.1, 0.15) is 30.9 Å². The van der Waals surface area contributed by atoms with E-state index in [4.69, 9.17) is 4.42 Å². The highest BCUT2D eigenvalue weighted by molar-refractivity contribution is 5.90. The molecule has 2 aliphatic heterocycles. The van der Waals surface area contributed by atoms with E-state index in [1.807, 2.05) is 17.0 Å². The van der Waals surface area contributed by atoms with Gasteiger partial charge in [-0.05, 0) is 25.0 Å². The molecule has 0 spiro atoms. The number of amides is 2. The smallest absolute Gasteiger partial charge is 0.245 e. The molecule has 0 bridgehead atoms. The monoisotopic (exact) mass is 248 g/mol. The molecule has 2 amide bonds. The molecular weight excluding hydrogens is 232 g/mol. The van der Waals surface area contributed by atoms with Crippen molar-refractivity contribution in [1.29, 1.82) is 0 Å². The standard InChI is InChI=1S/C13H16N2O3/c16-12-4-3-10(14-12)13(17)15-6-5-9(8-15)11-2-1-7-18-11/h1-2,7,9-10H,3-6,8H2,(H,14,16). The first-order chi connectivity index (χ1) is 8.74. The Hall–Kier alpha value is -1.78. The van der Waals surface area contributed by atoms with Gasteiger partial charge in [0.15, 0.2) is 0 Å². The summed E-state index contributed by atoms with van der Waals surface area (Å²) >= 11 is 0. The summed E-state index contributed by atoms with van der Waals surface area (Å²) in [5.41, 5.74) is 0. The van der Waals surface area contributed by atoms with Crippen LogP contribution in [-0.4, -0.2) is 35.8 Å². The Balaban J connectivity index is 1.62. The highest BCUT2D eigenvalue weighted by Crippen LogP contribution is 2.28. The van der Waals surface area contributed by atoms with Crippen LogP contribution < -0.4 is 5.32 Å². The van der Waals surface area contributed by atoms with E-state index in [0.29, 0.717) is 25.3 Å². The van der Waals surface area contributed by atoms with E-state index in [1.54, 1.807) is 6.26 Å². The van der Waals surface area contributed by atoms with Crippen LogP contribution in [0.2, 0.25) is 0 Å². The first kappa shape index (κ1) is 11.3. The van der Waals surface area contributed by atoms with Gasteiger partial charge >= 0.3 is 0 Å². The number of carbonyl (C=O) groups excluding carboxylic acids is 2. The van der Waals surface area contributed by atoms with E-state index in [2.05, 4.69) is 5.32 Å². The summed E-state index contributed by atoms with van der Waals surface area (Å²) in [6, 6.07) is 3.51. The van der Waals surface area contributed by atoms with Gasteiger partial charge < -0.3 is 14.6 Å². The lowest BCUT2D eigenvalue weighted by atomic mass is 10.1. The molecule has 18 heavy (non-hydrogen) atoms. The maximum atomic E-state index is 12.2. The highest BCUT2D eigenvalue weighted by atomic mass is 16.3. The van der Waals surface area contributed by atoms with E-state index in [0.717, 1.165) is 18.7 Å². The van der Waals surface area contributed by atoms with Crippen molar-refractivity contribution in [3.8, 4) is 0 Å². The summed E-state index contributed by atoms with van der Waals surface area (Å²) in [5.74, 6) is 1.27. The summed E-state index contributed by atoms with van der Waals surface area (Å²) in [6.45, 7) is 1.44. The molecule has 0 aliphatic carbocycles. The number of likely N-dealkylation sites (tertiary alicyclic amines) is 1. The number of hydrogen-bond donors (Lipinski definition) is 1. The van der Waals surface area contributed by atoms with Gasteiger partial charge in [0.2, 0.25) is 11.8 Å². The van der Waals surface area contributed by atoms with Gasteiger partial charge in [0.25, 0.3) is 0 Å². The molecule has 0 radical (unpaired) electrons. The maximum Gasteiger partial charge on any atom is 0.245 e. The quantitative estimate of drug-likeness (QED) is 0.845. The van der Waals surface area contributed by atoms with E-state index in [9.17, 15) is 9.59 Å². The minimum absolute atomic E-state index is 0.0184. The third-order valence-corrected chi connectivity index (χ3v) is 3.74. The summed E-state index contributed by atoms with van der Waals surface area (Å²) in [7, 11) is 0. The third kappa shape index (κ3) is 2.00. The fourth-order valence-electron chi connectivity index (χ4n) is 2.74. The van der Waals surface area contributed by atoms with Crippen LogP contribution in [-0.2, 0) is 9.59 Å². The Morgan fingerprint density at radius 1 is 1.44 bits per heavy atom. The predicted octanol–water partition coefficient (Wildman–Crippen LogP) is 0.874. The minimum Gasteiger partial charge on any atom is -0.469 e. The average molecular weight is 248 g/mol. The van der Waals surface area contributed by atoms with Crippen molar-refractivity contribution in [3.63, 3.8) is 0 Å². The van der Waals surface area contributed by atoms with Gasteiger partial charge in [-0.3, -0.25) is 9.59 Å². The normalized spacial score (nSPS) is 27.6. The van der Waals surface area contributed by atoms with Crippen LogP contribution in [0, 0.1) is 0 Å². The molecule has 3 heterocycles. The van der Waals surface area contributed by atoms with E-state index in [1.165, 1.54) is 0 Å². The number of nitrogens with one attached hydrogen (secondary N) is 1. The van der Waals surface area contributed by atoms with E-state index >= 15 is 0 Å².